The zero-order chi connectivity index (χ0) is 20.8. The number of nitrogens with zero attached hydrogens (tertiary/aromatic N) is 3. The van der Waals surface area contributed by atoms with Crippen molar-refractivity contribution in [1.82, 2.24) is 14.5 Å². The first kappa shape index (κ1) is 22.1. The van der Waals surface area contributed by atoms with Gasteiger partial charge in [0.15, 0.2) is 5.69 Å². The van der Waals surface area contributed by atoms with Crippen LogP contribution in [0.1, 0.15) is 26.7 Å². The zero-order valence-corrected chi connectivity index (χ0v) is 16.8. The molecule has 10 heteroatoms. The van der Waals surface area contributed by atoms with Gasteiger partial charge in [0.05, 0.1) is 19.8 Å². The summed E-state index contributed by atoms with van der Waals surface area (Å²) in [5.41, 5.74) is 4.82. The minimum absolute atomic E-state index is 0.0352. The van der Waals surface area contributed by atoms with Crippen molar-refractivity contribution in [3.05, 3.63) is 20.8 Å². The molecule has 10 nitrogen and oxygen atoms in total. The van der Waals surface area contributed by atoms with E-state index in [0.717, 1.165) is 12.8 Å². The molecule has 0 aromatic carbocycles. The molecule has 1 saturated carbocycles. The SMILES string of the molecule is COCCN(C(=O)CN(CCO)C1CC1)c1c(N)n(CC(C)C)c(=O)[nH]c1=O. The first-order valence-electron chi connectivity index (χ1n) is 9.56. The Kier molecular flexibility index (Phi) is 7.78. The average Bonchev–Trinajstić information content (AvgIpc) is 3.45. The number of aromatic amines is 1. The van der Waals surface area contributed by atoms with Gasteiger partial charge in [0, 0.05) is 32.8 Å². The number of nitrogen functional groups attached to an aromatic ring is 1. The van der Waals surface area contributed by atoms with Gasteiger partial charge in [0.2, 0.25) is 5.91 Å². The molecule has 1 aromatic heterocycles. The Bertz CT molecular complexity index is 784. The third-order valence-electron chi connectivity index (χ3n) is 4.64. The van der Waals surface area contributed by atoms with Crippen molar-refractivity contribution in [1.29, 1.82) is 0 Å². The van der Waals surface area contributed by atoms with Crippen LogP contribution >= 0.6 is 0 Å². The van der Waals surface area contributed by atoms with E-state index >= 15 is 0 Å². The summed E-state index contributed by atoms with van der Waals surface area (Å²) in [6, 6.07) is 0.269. The highest BCUT2D eigenvalue weighted by molar-refractivity contribution is 5.96. The number of amides is 1. The first-order chi connectivity index (χ1) is 13.3. The van der Waals surface area contributed by atoms with Gasteiger partial charge in [-0.2, -0.15) is 0 Å². The number of aliphatic hydroxyl groups is 1. The molecule has 4 N–H and O–H groups in total. The third-order valence-corrected chi connectivity index (χ3v) is 4.64. The smallest absolute Gasteiger partial charge is 0.330 e. The molecule has 1 heterocycles. The summed E-state index contributed by atoms with van der Waals surface area (Å²) >= 11 is 0. The molecule has 28 heavy (non-hydrogen) atoms. The molecule has 0 unspecified atom stereocenters. The van der Waals surface area contributed by atoms with Crippen LogP contribution in [0.2, 0.25) is 0 Å². The molecule has 158 valence electrons. The van der Waals surface area contributed by atoms with E-state index in [4.69, 9.17) is 10.5 Å². The van der Waals surface area contributed by atoms with E-state index in [2.05, 4.69) is 4.98 Å². The maximum absolute atomic E-state index is 13.0. The van der Waals surface area contributed by atoms with Gasteiger partial charge in [0.25, 0.3) is 5.56 Å². The minimum Gasteiger partial charge on any atom is -0.395 e. The second-order valence-corrected chi connectivity index (χ2v) is 7.46. The summed E-state index contributed by atoms with van der Waals surface area (Å²) in [6.45, 7) is 4.88. The lowest BCUT2D eigenvalue weighted by molar-refractivity contribution is -0.120. The van der Waals surface area contributed by atoms with E-state index in [1.807, 2.05) is 18.7 Å². The molecule has 1 fully saturated rings. The van der Waals surface area contributed by atoms with Crippen molar-refractivity contribution in [2.75, 3.05) is 50.6 Å². The van der Waals surface area contributed by atoms with E-state index < -0.39 is 11.2 Å². The van der Waals surface area contributed by atoms with Crippen molar-refractivity contribution in [3.8, 4) is 0 Å². The normalized spacial score (nSPS) is 14.1. The van der Waals surface area contributed by atoms with Gasteiger partial charge in [-0.15, -0.1) is 0 Å². The quantitative estimate of drug-likeness (QED) is 0.445. The van der Waals surface area contributed by atoms with Gasteiger partial charge < -0.3 is 20.5 Å². The number of methoxy groups -OCH3 is 1. The molecule has 0 atom stereocenters. The molecule has 1 aromatic rings. The minimum atomic E-state index is -0.702. The van der Waals surface area contributed by atoms with Crippen molar-refractivity contribution in [2.24, 2.45) is 5.92 Å². The van der Waals surface area contributed by atoms with Gasteiger partial charge >= 0.3 is 5.69 Å². The molecule has 1 aliphatic rings. The Morgan fingerprint density at radius 2 is 2.04 bits per heavy atom. The van der Waals surface area contributed by atoms with Crippen LogP contribution < -0.4 is 21.9 Å². The average molecular weight is 397 g/mol. The van der Waals surface area contributed by atoms with Crippen LogP contribution in [0.25, 0.3) is 0 Å². The molecule has 0 radical (unpaired) electrons. The van der Waals surface area contributed by atoms with Gasteiger partial charge in [-0.05, 0) is 18.8 Å². The lowest BCUT2D eigenvalue weighted by Crippen LogP contribution is -2.47. The Morgan fingerprint density at radius 3 is 2.57 bits per heavy atom. The van der Waals surface area contributed by atoms with E-state index in [1.165, 1.54) is 16.6 Å². The van der Waals surface area contributed by atoms with Crippen molar-refractivity contribution < 1.29 is 14.6 Å². The molecule has 1 aliphatic carbocycles. The maximum atomic E-state index is 13.0. The number of nitrogens with two attached hydrogens (primary N) is 1. The molecule has 0 bridgehead atoms. The third kappa shape index (κ3) is 5.43. The van der Waals surface area contributed by atoms with Gasteiger partial charge in [-0.25, -0.2) is 4.79 Å². The van der Waals surface area contributed by atoms with E-state index in [0.29, 0.717) is 13.1 Å². The Labute approximate surface area is 163 Å². The van der Waals surface area contributed by atoms with Crippen molar-refractivity contribution in [2.45, 2.75) is 39.3 Å². The largest absolute Gasteiger partial charge is 0.395 e. The highest BCUT2D eigenvalue weighted by atomic mass is 16.5. The van der Waals surface area contributed by atoms with Crippen LogP contribution in [0.5, 0.6) is 0 Å². The predicted octanol–water partition coefficient (Wildman–Crippen LogP) is -0.789. The second-order valence-electron chi connectivity index (χ2n) is 7.46. The Morgan fingerprint density at radius 1 is 1.36 bits per heavy atom. The summed E-state index contributed by atoms with van der Waals surface area (Å²) in [7, 11) is 1.50. The first-order valence-corrected chi connectivity index (χ1v) is 9.56. The van der Waals surface area contributed by atoms with Gasteiger partial charge in [-0.1, -0.05) is 13.8 Å². The molecular formula is C18H31N5O5. The fourth-order valence-corrected chi connectivity index (χ4v) is 3.15. The number of aliphatic hydroxyl groups excluding tert-OH is 1. The molecule has 0 spiro atoms. The number of hydrogen-bond acceptors (Lipinski definition) is 7. The maximum Gasteiger partial charge on any atom is 0.330 e. The monoisotopic (exact) mass is 397 g/mol. The van der Waals surface area contributed by atoms with Crippen LogP contribution in [0.4, 0.5) is 11.5 Å². The Hall–Kier alpha value is -2.17. The molecule has 0 saturated heterocycles. The lowest BCUT2D eigenvalue weighted by Gasteiger charge is -2.28. The van der Waals surface area contributed by atoms with Crippen LogP contribution in [-0.4, -0.2) is 71.5 Å². The number of aromatic nitrogens is 2. The summed E-state index contributed by atoms with van der Waals surface area (Å²) in [5, 5.41) is 9.26. The number of nitrogens with one attached hydrogen (secondary N) is 1. The highest BCUT2D eigenvalue weighted by Crippen LogP contribution is 2.27. The number of anilines is 2. The number of ether oxygens (including phenoxy) is 1. The number of rotatable bonds is 11. The van der Waals surface area contributed by atoms with Crippen molar-refractivity contribution in [3.63, 3.8) is 0 Å². The topological polar surface area (TPSA) is 134 Å². The fourth-order valence-electron chi connectivity index (χ4n) is 3.15. The van der Waals surface area contributed by atoms with Crippen molar-refractivity contribution >= 4 is 17.4 Å². The lowest BCUT2D eigenvalue weighted by atomic mass is 10.2. The summed E-state index contributed by atoms with van der Waals surface area (Å²) < 4.78 is 6.36. The molecular weight excluding hydrogens is 366 g/mol. The van der Waals surface area contributed by atoms with E-state index in [1.54, 1.807) is 0 Å². The van der Waals surface area contributed by atoms with E-state index in [-0.39, 0.29) is 55.7 Å². The number of H-pyrrole nitrogens is 1. The summed E-state index contributed by atoms with van der Waals surface area (Å²) in [5.74, 6) is -0.242. The number of hydrogen-bond donors (Lipinski definition) is 3. The standard InChI is InChI=1S/C18H31N5O5/c1-12(2)10-23-16(19)15(17(26)20-18(23)27)22(7-9-28-3)14(25)11-21(6-8-24)13-4-5-13/h12-13,24H,4-11,19H2,1-3H3,(H,20,26,27). The van der Waals surface area contributed by atoms with Crippen LogP contribution in [-0.2, 0) is 16.1 Å². The van der Waals surface area contributed by atoms with Crippen LogP contribution in [0.15, 0.2) is 9.59 Å². The molecule has 2 rings (SSSR count). The Balaban J connectivity index is 2.40. The molecule has 0 aliphatic heterocycles. The summed E-state index contributed by atoms with van der Waals surface area (Å²) in [6.07, 6.45) is 1.96. The van der Waals surface area contributed by atoms with E-state index in [9.17, 15) is 19.5 Å². The fraction of sp³-hybridized carbons (Fsp3) is 0.722. The van der Waals surface area contributed by atoms with Gasteiger partial charge in [0.1, 0.15) is 5.82 Å². The van der Waals surface area contributed by atoms with Gasteiger partial charge in [-0.3, -0.25) is 24.0 Å². The summed E-state index contributed by atoms with van der Waals surface area (Å²) in [4.78, 5) is 43.2. The predicted molar refractivity (Wildman–Crippen MR) is 106 cm³/mol. The number of carbonyl (C=O) groups is 1. The van der Waals surface area contributed by atoms with Crippen LogP contribution in [0, 0.1) is 5.92 Å². The zero-order valence-electron chi connectivity index (χ0n) is 16.8. The number of carbonyl (C=O) groups excluding carboxylic acids is 1. The van der Waals surface area contributed by atoms with Crippen LogP contribution in [0.3, 0.4) is 0 Å². The molecule has 1 amide bonds. The highest BCUT2D eigenvalue weighted by Gasteiger charge is 2.32. The second kappa shape index (κ2) is 9.85.